The summed E-state index contributed by atoms with van der Waals surface area (Å²) in [5.74, 6) is -0.232. The summed E-state index contributed by atoms with van der Waals surface area (Å²) in [6.45, 7) is 5.42. The molecular weight excluding hydrogens is 357 g/mol. The standard InChI is InChI=1S/C17H14F5N3O/c1-3-5-12(6-4-2)15-23-11-25(24-15)13-7-9-14(10-8-13)26-17(21,22)16(18,19)20/h3-11H,1H2,2H3/b6-4-,12-5+. The Morgan fingerprint density at radius 2 is 1.81 bits per heavy atom. The van der Waals surface area contributed by atoms with Crippen molar-refractivity contribution in [1.29, 1.82) is 0 Å². The normalized spacial score (nSPS) is 13.2. The van der Waals surface area contributed by atoms with E-state index in [1.165, 1.54) is 23.1 Å². The van der Waals surface area contributed by atoms with Gasteiger partial charge in [-0.15, -0.1) is 5.10 Å². The van der Waals surface area contributed by atoms with Gasteiger partial charge in [-0.3, -0.25) is 0 Å². The third-order valence-corrected chi connectivity index (χ3v) is 3.07. The van der Waals surface area contributed by atoms with E-state index in [4.69, 9.17) is 0 Å². The summed E-state index contributed by atoms with van der Waals surface area (Å²) in [4.78, 5) is 4.13. The molecule has 0 amide bonds. The monoisotopic (exact) mass is 371 g/mol. The van der Waals surface area contributed by atoms with Crippen LogP contribution in [0.25, 0.3) is 11.3 Å². The highest BCUT2D eigenvalue weighted by molar-refractivity contribution is 5.70. The average Bonchev–Trinajstić information content (AvgIpc) is 3.04. The molecule has 0 aliphatic heterocycles. The molecule has 0 fully saturated rings. The SMILES string of the molecule is C=C/C=C(\C=C/C)c1ncn(-c2ccc(OC(F)(F)C(F)(F)F)cc2)n1. The second-order valence-electron chi connectivity index (χ2n) is 4.98. The summed E-state index contributed by atoms with van der Waals surface area (Å²) in [5, 5.41) is 4.23. The minimum Gasteiger partial charge on any atom is -0.426 e. The predicted molar refractivity (Wildman–Crippen MR) is 86.0 cm³/mol. The Bertz CT molecular complexity index is 820. The van der Waals surface area contributed by atoms with E-state index in [-0.39, 0.29) is 0 Å². The number of alkyl halides is 5. The van der Waals surface area contributed by atoms with Crippen molar-refractivity contribution in [1.82, 2.24) is 14.8 Å². The number of ether oxygens (including phenoxy) is 1. The van der Waals surface area contributed by atoms with E-state index < -0.39 is 18.0 Å². The van der Waals surface area contributed by atoms with Crippen molar-refractivity contribution in [3.8, 4) is 11.4 Å². The van der Waals surface area contributed by atoms with E-state index in [0.29, 0.717) is 17.1 Å². The summed E-state index contributed by atoms with van der Waals surface area (Å²) in [5.41, 5.74) is 1.11. The number of benzene rings is 1. The van der Waals surface area contributed by atoms with Crippen molar-refractivity contribution in [2.45, 2.75) is 19.2 Å². The van der Waals surface area contributed by atoms with Crippen molar-refractivity contribution < 1.29 is 26.7 Å². The van der Waals surface area contributed by atoms with E-state index in [1.54, 1.807) is 24.3 Å². The van der Waals surface area contributed by atoms with Crippen molar-refractivity contribution in [2.24, 2.45) is 0 Å². The predicted octanol–water partition coefficient (Wildman–Crippen LogP) is 4.95. The maximum atomic E-state index is 12.9. The number of hydrogen-bond acceptors (Lipinski definition) is 3. The van der Waals surface area contributed by atoms with E-state index in [1.807, 2.05) is 6.92 Å². The Balaban J connectivity index is 2.22. The fraction of sp³-hybridized carbons (Fsp3) is 0.176. The molecule has 0 spiro atoms. The Kier molecular flexibility index (Phi) is 5.59. The van der Waals surface area contributed by atoms with Crippen LogP contribution in [0.5, 0.6) is 5.75 Å². The zero-order chi connectivity index (χ0) is 19.4. The highest BCUT2D eigenvalue weighted by Gasteiger charge is 2.61. The molecule has 1 aromatic carbocycles. The number of nitrogens with zero attached hydrogens (tertiary/aromatic N) is 3. The molecule has 26 heavy (non-hydrogen) atoms. The van der Waals surface area contributed by atoms with E-state index in [2.05, 4.69) is 21.4 Å². The molecule has 0 saturated carbocycles. The highest BCUT2D eigenvalue weighted by Crippen LogP contribution is 2.37. The van der Waals surface area contributed by atoms with Crippen LogP contribution in [0.2, 0.25) is 0 Å². The summed E-state index contributed by atoms with van der Waals surface area (Å²) in [7, 11) is 0. The minimum absolute atomic E-state index is 0.395. The lowest BCUT2D eigenvalue weighted by atomic mass is 10.2. The number of halogens is 5. The van der Waals surface area contributed by atoms with Crippen LogP contribution in [-0.2, 0) is 0 Å². The van der Waals surface area contributed by atoms with Gasteiger partial charge in [0.05, 0.1) is 5.69 Å². The maximum Gasteiger partial charge on any atom is 0.499 e. The fourth-order valence-electron chi connectivity index (χ4n) is 1.90. The first-order valence-corrected chi connectivity index (χ1v) is 7.29. The molecule has 2 rings (SSSR count). The topological polar surface area (TPSA) is 39.9 Å². The lowest BCUT2D eigenvalue weighted by molar-refractivity contribution is -0.360. The molecule has 0 atom stereocenters. The van der Waals surface area contributed by atoms with Crippen molar-refractivity contribution >= 4 is 5.57 Å². The van der Waals surface area contributed by atoms with Gasteiger partial charge in [-0.25, -0.2) is 9.67 Å². The van der Waals surface area contributed by atoms with Crippen LogP contribution < -0.4 is 4.74 Å². The van der Waals surface area contributed by atoms with Gasteiger partial charge >= 0.3 is 12.3 Å². The quantitative estimate of drug-likeness (QED) is 0.533. The van der Waals surface area contributed by atoms with Gasteiger partial charge in [0.1, 0.15) is 12.1 Å². The van der Waals surface area contributed by atoms with Gasteiger partial charge in [0.2, 0.25) is 0 Å². The largest absolute Gasteiger partial charge is 0.499 e. The third-order valence-electron chi connectivity index (χ3n) is 3.07. The summed E-state index contributed by atoms with van der Waals surface area (Å²) < 4.78 is 67.3. The van der Waals surface area contributed by atoms with Crippen LogP contribution in [0.1, 0.15) is 12.7 Å². The van der Waals surface area contributed by atoms with Crippen LogP contribution >= 0.6 is 0 Å². The minimum atomic E-state index is -5.80. The van der Waals surface area contributed by atoms with E-state index >= 15 is 0 Å². The highest BCUT2D eigenvalue weighted by atomic mass is 19.4. The molecule has 0 unspecified atom stereocenters. The van der Waals surface area contributed by atoms with Crippen molar-refractivity contribution in [3.05, 3.63) is 67.3 Å². The van der Waals surface area contributed by atoms with E-state index in [9.17, 15) is 22.0 Å². The maximum absolute atomic E-state index is 12.9. The Labute approximate surface area is 145 Å². The third kappa shape index (κ3) is 4.35. The summed E-state index contributed by atoms with van der Waals surface area (Å²) >= 11 is 0. The first kappa shape index (κ1) is 19.4. The Morgan fingerprint density at radius 1 is 1.15 bits per heavy atom. The molecule has 9 heteroatoms. The number of hydrogen-bond donors (Lipinski definition) is 0. The van der Waals surface area contributed by atoms with Crippen LogP contribution in [0.3, 0.4) is 0 Å². The molecule has 0 bridgehead atoms. The second-order valence-corrected chi connectivity index (χ2v) is 4.98. The van der Waals surface area contributed by atoms with Crippen LogP contribution in [0.15, 0.2) is 61.5 Å². The molecule has 0 aliphatic rings. The first-order chi connectivity index (χ1) is 12.2. The van der Waals surface area contributed by atoms with Crippen LogP contribution in [-0.4, -0.2) is 27.0 Å². The molecule has 4 nitrogen and oxygen atoms in total. The van der Waals surface area contributed by atoms with E-state index in [0.717, 1.165) is 12.1 Å². The summed E-state index contributed by atoms with van der Waals surface area (Å²) in [6, 6.07) is 4.55. The molecule has 0 saturated heterocycles. The van der Waals surface area contributed by atoms with Gasteiger partial charge in [-0.05, 0) is 31.2 Å². The smallest absolute Gasteiger partial charge is 0.426 e. The van der Waals surface area contributed by atoms with Crippen LogP contribution in [0, 0.1) is 0 Å². The van der Waals surface area contributed by atoms with Gasteiger partial charge in [0, 0.05) is 5.57 Å². The molecule has 0 aliphatic carbocycles. The van der Waals surface area contributed by atoms with Gasteiger partial charge < -0.3 is 4.74 Å². The van der Waals surface area contributed by atoms with Gasteiger partial charge in [0.15, 0.2) is 5.82 Å². The average molecular weight is 371 g/mol. The Hall–Kier alpha value is -2.97. The molecule has 0 N–H and O–H groups in total. The van der Waals surface area contributed by atoms with Gasteiger partial charge in [-0.1, -0.05) is 30.9 Å². The number of aromatic nitrogens is 3. The molecule has 2 aromatic rings. The number of allylic oxidation sites excluding steroid dienone is 5. The number of rotatable bonds is 6. The summed E-state index contributed by atoms with van der Waals surface area (Å²) in [6.07, 6.45) is -2.84. The van der Waals surface area contributed by atoms with Gasteiger partial charge in [0.25, 0.3) is 0 Å². The second kappa shape index (κ2) is 7.51. The lowest BCUT2D eigenvalue weighted by Gasteiger charge is -2.20. The van der Waals surface area contributed by atoms with Crippen molar-refractivity contribution in [3.63, 3.8) is 0 Å². The molecule has 138 valence electrons. The van der Waals surface area contributed by atoms with Gasteiger partial charge in [-0.2, -0.15) is 22.0 Å². The Morgan fingerprint density at radius 3 is 2.35 bits per heavy atom. The molecule has 1 heterocycles. The molecular formula is C17H14F5N3O. The van der Waals surface area contributed by atoms with Crippen molar-refractivity contribution in [2.75, 3.05) is 0 Å². The van der Waals surface area contributed by atoms with Crippen LogP contribution in [0.4, 0.5) is 22.0 Å². The first-order valence-electron chi connectivity index (χ1n) is 7.29. The zero-order valence-corrected chi connectivity index (χ0v) is 13.5. The lowest BCUT2D eigenvalue weighted by Crippen LogP contribution is -2.41. The molecule has 1 aromatic heterocycles. The molecule has 0 radical (unpaired) electrons. The fourth-order valence-corrected chi connectivity index (χ4v) is 1.90. The zero-order valence-electron chi connectivity index (χ0n) is 13.5.